The molecule has 2 nitrogen and oxygen atoms in total. The molecule has 1 aromatic rings. The van der Waals surface area contributed by atoms with Crippen LogP contribution in [0.2, 0.25) is 0 Å². The maximum atomic E-state index is 11.8. The lowest BCUT2D eigenvalue weighted by molar-refractivity contribution is 0.105. The second-order valence-corrected chi connectivity index (χ2v) is 3.74. The summed E-state index contributed by atoms with van der Waals surface area (Å²) in [5.74, 6) is 5.07. The van der Waals surface area contributed by atoms with E-state index < -0.39 is 0 Å². The van der Waals surface area contributed by atoms with Crippen LogP contribution < -0.4 is 0 Å². The van der Waals surface area contributed by atoms with Gasteiger partial charge in [-0.2, -0.15) is 0 Å². The highest BCUT2D eigenvalue weighted by Crippen LogP contribution is 2.22. The zero-order chi connectivity index (χ0) is 11.3. The molecule has 0 spiro atoms. The number of carbonyl (C=O) groups excluding carboxylic acids is 1. The van der Waals surface area contributed by atoms with Crippen molar-refractivity contribution >= 4 is 17.5 Å². The summed E-state index contributed by atoms with van der Waals surface area (Å²) >= 11 is 1.55. The molecule has 1 heterocycles. The molecule has 0 aliphatic heterocycles. The second kappa shape index (κ2) is 5.57. The zero-order valence-electron chi connectivity index (χ0n) is 9.13. The highest BCUT2D eigenvalue weighted by molar-refractivity contribution is 7.98. The lowest BCUT2D eigenvalue weighted by Crippen LogP contribution is -2.05. The van der Waals surface area contributed by atoms with Gasteiger partial charge in [-0.1, -0.05) is 12.8 Å². The number of thioether (sulfide) groups is 1. The van der Waals surface area contributed by atoms with Crippen LogP contribution in [0.25, 0.3) is 0 Å². The minimum atomic E-state index is -0.133. The lowest BCUT2D eigenvalue weighted by atomic mass is 10.1. The van der Waals surface area contributed by atoms with Crippen molar-refractivity contribution in [2.24, 2.45) is 0 Å². The van der Waals surface area contributed by atoms with E-state index in [9.17, 15) is 4.79 Å². The summed E-state index contributed by atoms with van der Waals surface area (Å²) in [5, 5.41) is 0. The number of carbonyl (C=O) groups is 1. The van der Waals surface area contributed by atoms with Crippen LogP contribution in [0.5, 0.6) is 0 Å². The maximum absolute atomic E-state index is 11.8. The Morgan fingerprint density at radius 1 is 1.60 bits per heavy atom. The normalized spacial score (nSPS) is 9.27. The average Bonchev–Trinajstić information content (AvgIpc) is 2.28. The summed E-state index contributed by atoms with van der Waals surface area (Å²) in [4.78, 5) is 16.9. The summed E-state index contributed by atoms with van der Waals surface area (Å²) in [7, 11) is 0. The molecular weight excluding hydrogens is 206 g/mol. The highest BCUT2D eigenvalue weighted by atomic mass is 32.2. The van der Waals surface area contributed by atoms with Gasteiger partial charge in [0.05, 0.1) is 11.3 Å². The molecule has 0 amide bonds. The van der Waals surface area contributed by atoms with E-state index in [-0.39, 0.29) is 5.78 Å². The largest absolute Gasteiger partial charge is 0.279 e. The minimum absolute atomic E-state index is 0.133. The molecule has 0 atom stereocenters. The monoisotopic (exact) mass is 219 g/mol. The molecule has 0 aliphatic carbocycles. The van der Waals surface area contributed by atoms with Gasteiger partial charge in [-0.05, 0) is 31.6 Å². The first-order valence-corrected chi connectivity index (χ1v) is 5.96. The van der Waals surface area contributed by atoms with Crippen molar-refractivity contribution in [3.8, 4) is 11.8 Å². The van der Waals surface area contributed by atoms with E-state index in [1.54, 1.807) is 24.9 Å². The van der Waals surface area contributed by atoms with Crippen molar-refractivity contribution in [3.63, 3.8) is 0 Å². The van der Waals surface area contributed by atoms with E-state index in [4.69, 9.17) is 0 Å². The van der Waals surface area contributed by atoms with E-state index in [2.05, 4.69) is 16.8 Å². The number of ketones is 1. The van der Waals surface area contributed by atoms with Gasteiger partial charge >= 0.3 is 0 Å². The summed E-state index contributed by atoms with van der Waals surface area (Å²) < 4.78 is 0. The zero-order valence-corrected chi connectivity index (χ0v) is 9.94. The van der Waals surface area contributed by atoms with Crippen molar-refractivity contribution in [2.75, 3.05) is 6.26 Å². The average molecular weight is 219 g/mol. The Kier molecular flexibility index (Phi) is 4.38. The minimum Gasteiger partial charge on any atom is -0.279 e. The van der Waals surface area contributed by atoms with Gasteiger partial charge in [0.15, 0.2) is 0 Å². The van der Waals surface area contributed by atoms with Crippen LogP contribution in [0.15, 0.2) is 17.2 Å². The molecule has 0 saturated heterocycles. The van der Waals surface area contributed by atoms with Crippen molar-refractivity contribution in [1.29, 1.82) is 0 Å². The molecular formula is C12H13NOS. The van der Waals surface area contributed by atoms with Gasteiger partial charge in [0, 0.05) is 11.1 Å². The Balaban J connectivity index is 3.32. The third kappa shape index (κ3) is 2.60. The number of nitrogens with zero attached hydrogens (tertiary/aromatic N) is 1. The predicted octanol–water partition coefficient (Wildman–Crippen LogP) is 2.57. The molecule has 1 rings (SSSR count). The van der Waals surface area contributed by atoms with E-state index in [0.717, 1.165) is 17.0 Å². The van der Waals surface area contributed by atoms with Crippen LogP contribution in [-0.2, 0) is 6.42 Å². The third-order valence-electron chi connectivity index (χ3n) is 2.01. The summed E-state index contributed by atoms with van der Waals surface area (Å²) in [6.07, 6.45) is 4.44. The lowest BCUT2D eigenvalue weighted by Gasteiger charge is -2.07. The van der Waals surface area contributed by atoms with Gasteiger partial charge in [0.25, 0.3) is 0 Å². The van der Waals surface area contributed by atoms with Crippen molar-refractivity contribution in [1.82, 2.24) is 4.98 Å². The predicted molar refractivity (Wildman–Crippen MR) is 63.2 cm³/mol. The molecule has 1 aromatic heterocycles. The molecule has 0 fully saturated rings. The molecule has 0 bridgehead atoms. The van der Waals surface area contributed by atoms with Crippen LogP contribution in [0.1, 0.15) is 29.9 Å². The van der Waals surface area contributed by atoms with Crippen molar-refractivity contribution in [2.45, 2.75) is 25.2 Å². The van der Waals surface area contributed by atoms with Crippen LogP contribution >= 0.6 is 11.8 Å². The Morgan fingerprint density at radius 2 is 2.33 bits per heavy atom. The fraction of sp³-hybridized carbons (Fsp3) is 0.333. The number of hydrogen-bond acceptors (Lipinski definition) is 3. The maximum Gasteiger partial charge on any atom is 0.238 e. The van der Waals surface area contributed by atoms with E-state index in [1.807, 2.05) is 19.2 Å². The Labute approximate surface area is 94.5 Å². The fourth-order valence-corrected chi connectivity index (χ4v) is 1.95. The standard InChI is InChI=1S/C12H13NOS/c1-4-6-10(14)12-9(5-2)13-8-7-11(12)15-3/h7-8H,5H2,1-3H3. The Hall–Kier alpha value is -1.27. The smallest absolute Gasteiger partial charge is 0.238 e. The van der Waals surface area contributed by atoms with Gasteiger partial charge < -0.3 is 0 Å². The van der Waals surface area contributed by atoms with Crippen LogP contribution in [0.3, 0.4) is 0 Å². The number of aryl methyl sites for hydroxylation is 1. The fourth-order valence-electron chi connectivity index (χ4n) is 1.34. The van der Waals surface area contributed by atoms with Crippen molar-refractivity contribution in [3.05, 3.63) is 23.5 Å². The Bertz CT molecular complexity index is 407. The SMILES string of the molecule is CC#CC(=O)c1c(SC)ccnc1CC. The topological polar surface area (TPSA) is 30.0 Å². The van der Waals surface area contributed by atoms with E-state index in [1.165, 1.54) is 0 Å². The van der Waals surface area contributed by atoms with E-state index in [0.29, 0.717) is 5.56 Å². The van der Waals surface area contributed by atoms with E-state index >= 15 is 0 Å². The van der Waals surface area contributed by atoms with Crippen molar-refractivity contribution < 1.29 is 4.79 Å². The molecule has 0 N–H and O–H groups in total. The van der Waals surface area contributed by atoms with Crippen LogP contribution in [-0.4, -0.2) is 17.0 Å². The summed E-state index contributed by atoms with van der Waals surface area (Å²) in [6, 6.07) is 1.86. The molecule has 78 valence electrons. The molecule has 0 saturated carbocycles. The number of rotatable bonds is 3. The molecule has 3 heteroatoms. The first-order chi connectivity index (χ1) is 7.24. The quantitative estimate of drug-likeness (QED) is 0.339. The first kappa shape index (κ1) is 11.8. The van der Waals surface area contributed by atoms with Gasteiger partial charge in [0.1, 0.15) is 0 Å². The van der Waals surface area contributed by atoms with Gasteiger partial charge in [0.2, 0.25) is 5.78 Å². The second-order valence-electron chi connectivity index (χ2n) is 2.89. The summed E-state index contributed by atoms with van der Waals surface area (Å²) in [6.45, 7) is 3.65. The number of hydrogen-bond donors (Lipinski definition) is 0. The molecule has 0 unspecified atom stereocenters. The molecule has 15 heavy (non-hydrogen) atoms. The van der Waals surface area contributed by atoms with Crippen LogP contribution in [0, 0.1) is 11.8 Å². The Morgan fingerprint density at radius 3 is 2.87 bits per heavy atom. The van der Waals surface area contributed by atoms with Gasteiger partial charge in [-0.3, -0.25) is 9.78 Å². The van der Waals surface area contributed by atoms with Gasteiger partial charge in [-0.25, -0.2) is 0 Å². The van der Waals surface area contributed by atoms with Crippen LogP contribution in [0.4, 0.5) is 0 Å². The number of aromatic nitrogens is 1. The number of Topliss-reactive ketones (excluding diaryl/α,β-unsaturated/α-hetero) is 1. The number of pyridine rings is 1. The summed E-state index contributed by atoms with van der Waals surface area (Å²) in [5.41, 5.74) is 1.50. The third-order valence-corrected chi connectivity index (χ3v) is 2.79. The van der Waals surface area contributed by atoms with Gasteiger partial charge in [-0.15, -0.1) is 11.8 Å². The molecule has 0 radical (unpaired) electrons. The molecule has 0 aliphatic rings. The highest BCUT2D eigenvalue weighted by Gasteiger charge is 2.13. The molecule has 0 aromatic carbocycles. The first-order valence-electron chi connectivity index (χ1n) is 4.73.